The number of halogens is 1. The molecular weight excluding hydrogens is 524 g/mol. The van der Waals surface area contributed by atoms with E-state index in [0.717, 1.165) is 62.5 Å². The highest BCUT2D eigenvalue weighted by Gasteiger charge is 2.20. The lowest BCUT2D eigenvalue weighted by Gasteiger charge is -2.31. The minimum absolute atomic E-state index is 0. The largest absolute Gasteiger partial charge is 0.507 e. The molecular formula is C31H37ClN6O2. The third-order valence-corrected chi connectivity index (χ3v) is 7.72. The molecule has 0 unspecified atom stereocenters. The summed E-state index contributed by atoms with van der Waals surface area (Å²) in [5.41, 5.74) is 10.6. The van der Waals surface area contributed by atoms with Crippen LogP contribution in [-0.4, -0.2) is 53.6 Å². The highest BCUT2D eigenvalue weighted by Crippen LogP contribution is 2.38. The number of likely N-dealkylation sites (tertiary alicyclic amines) is 1. The molecule has 0 spiro atoms. The van der Waals surface area contributed by atoms with Crippen LogP contribution < -0.4 is 16.0 Å². The van der Waals surface area contributed by atoms with E-state index in [0.29, 0.717) is 23.2 Å². The number of aromatic hydroxyl groups is 1. The summed E-state index contributed by atoms with van der Waals surface area (Å²) in [4.78, 5) is 22.2. The Balaban J connectivity index is 0.00000370. The van der Waals surface area contributed by atoms with Gasteiger partial charge in [-0.1, -0.05) is 24.6 Å². The lowest BCUT2D eigenvalue weighted by atomic mass is 9.97. The maximum Gasteiger partial charge on any atom is 0.225 e. The molecule has 0 saturated carbocycles. The fourth-order valence-corrected chi connectivity index (χ4v) is 5.61. The number of para-hydroxylation sites is 1. The van der Waals surface area contributed by atoms with Gasteiger partial charge in [0.05, 0.1) is 17.1 Å². The van der Waals surface area contributed by atoms with Crippen molar-refractivity contribution in [1.29, 1.82) is 5.26 Å². The van der Waals surface area contributed by atoms with Gasteiger partial charge in [0.1, 0.15) is 23.2 Å². The molecule has 3 heterocycles. The SMILES string of the molecule is Cl.N#Cc1c(-c2ccc(N3CCCCC3)c(NC(=O)CCN3CCCCC3)c2)cc(-c2ccccc2O)nc1N. The third-order valence-electron chi connectivity index (χ3n) is 7.72. The Kier molecular flexibility index (Phi) is 9.86. The van der Waals surface area contributed by atoms with Gasteiger partial charge >= 0.3 is 0 Å². The molecule has 3 aromatic rings. The number of pyridine rings is 1. The smallest absolute Gasteiger partial charge is 0.225 e. The summed E-state index contributed by atoms with van der Waals surface area (Å²) in [6.07, 6.45) is 7.55. The van der Waals surface area contributed by atoms with E-state index in [9.17, 15) is 15.2 Å². The molecule has 40 heavy (non-hydrogen) atoms. The molecule has 0 bridgehead atoms. The number of phenols is 1. The Labute approximate surface area is 242 Å². The third kappa shape index (κ3) is 6.67. The molecule has 210 valence electrons. The molecule has 8 nitrogen and oxygen atoms in total. The summed E-state index contributed by atoms with van der Waals surface area (Å²) in [6.45, 7) is 4.76. The Morgan fingerprint density at radius 1 is 0.975 bits per heavy atom. The van der Waals surface area contributed by atoms with Crippen molar-refractivity contribution in [3.63, 3.8) is 0 Å². The summed E-state index contributed by atoms with van der Waals surface area (Å²) >= 11 is 0. The summed E-state index contributed by atoms with van der Waals surface area (Å²) < 4.78 is 0. The van der Waals surface area contributed by atoms with Crippen LogP contribution in [0.4, 0.5) is 17.2 Å². The van der Waals surface area contributed by atoms with Gasteiger partial charge in [-0.15, -0.1) is 12.4 Å². The van der Waals surface area contributed by atoms with E-state index in [2.05, 4.69) is 26.2 Å². The fraction of sp³-hybridized carbons (Fsp3) is 0.387. The van der Waals surface area contributed by atoms with Crippen LogP contribution in [0, 0.1) is 11.3 Å². The maximum atomic E-state index is 13.1. The molecule has 4 N–H and O–H groups in total. The van der Waals surface area contributed by atoms with Crippen LogP contribution in [0.2, 0.25) is 0 Å². The van der Waals surface area contributed by atoms with Crippen LogP contribution in [0.5, 0.6) is 5.75 Å². The van der Waals surface area contributed by atoms with E-state index in [1.807, 2.05) is 24.3 Å². The zero-order chi connectivity index (χ0) is 27.2. The molecule has 5 rings (SSSR count). The number of hydrogen-bond acceptors (Lipinski definition) is 7. The molecule has 2 aliphatic heterocycles. The second-order valence-corrected chi connectivity index (χ2v) is 10.4. The molecule has 1 amide bonds. The maximum absolute atomic E-state index is 13.1. The first-order valence-corrected chi connectivity index (χ1v) is 13.9. The highest BCUT2D eigenvalue weighted by molar-refractivity contribution is 5.96. The number of benzene rings is 2. The van der Waals surface area contributed by atoms with Gasteiger partial charge in [-0.25, -0.2) is 4.98 Å². The Hall–Kier alpha value is -3.80. The Morgan fingerprint density at radius 3 is 2.38 bits per heavy atom. The standard InChI is InChI=1S/C31H36N6O2.ClH/c32-21-25-24(20-26(35-31(25)33)23-9-3-4-10-29(23)38)22-11-12-28(37-16-7-2-8-17-37)27(19-22)34-30(39)13-18-36-14-5-1-6-15-36;/h3-4,9-12,19-20,38H,1-2,5-8,13-18H2,(H2,33,35)(H,34,39);1H. The number of nitrogen functional groups attached to an aromatic ring is 1. The molecule has 1 aromatic heterocycles. The molecule has 2 saturated heterocycles. The van der Waals surface area contributed by atoms with Crippen LogP contribution in [0.15, 0.2) is 48.5 Å². The average molecular weight is 561 g/mol. The first-order valence-electron chi connectivity index (χ1n) is 13.9. The molecule has 0 aliphatic carbocycles. The van der Waals surface area contributed by atoms with Gasteiger partial charge in [-0.05, 0) is 81.1 Å². The number of nitrogens with two attached hydrogens (primary N) is 1. The normalized spacial score (nSPS) is 15.6. The Morgan fingerprint density at radius 2 is 1.68 bits per heavy atom. The van der Waals surface area contributed by atoms with E-state index in [4.69, 9.17) is 5.73 Å². The van der Waals surface area contributed by atoms with Gasteiger partial charge in [0, 0.05) is 37.2 Å². The van der Waals surface area contributed by atoms with Gasteiger partial charge in [0.2, 0.25) is 5.91 Å². The molecule has 2 aromatic carbocycles. The van der Waals surface area contributed by atoms with Gasteiger partial charge in [-0.2, -0.15) is 5.26 Å². The van der Waals surface area contributed by atoms with E-state index in [-0.39, 0.29) is 35.4 Å². The van der Waals surface area contributed by atoms with Crippen molar-refractivity contribution < 1.29 is 9.90 Å². The summed E-state index contributed by atoms with van der Waals surface area (Å²) in [6, 6.07) is 16.8. The minimum atomic E-state index is -0.0133. The zero-order valence-electron chi connectivity index (χ0n) is 22.7. The van der Waals surface area contributed by atoms with Crippen LogP contribution in [-0.2, 0) is 4.79 Å². The molecule has 2 aliphatic rings. The lowest BCUT2D eigenvalue weighted by molar-refractivity contribution is -0.116. The second kappa shape index (κ2) is 13.5. The Bertz CT molecular complexity index is 1380. The number of carbonyl (C=O) groups is 1. The van der Waals surface area contributed by atoms with Crippen LogP contribution in [0.3, 0.4) is 0 Å². The van der Waals surface area contributed by atoms with Crippen LogP contribution in [0.25, 0.3) is 22.4 Å². The molecule has 2 fully saturated rings. The highest BCUT2D eigenvalue weighted by atomic mass is 35.5. The first-order chi connectivity index (χ1) is 19.0. The topological polar surface area (TPSA) is 119 Å². The molecule has 0 atom stereocenters. The van der Waals surface area contributed by atoms with Crippen molar-refractivity contribution in [3.8, 4) is 34.2 Å². The number of amides is 1. The number of nitrogens with zero attached hydrogens (tertiary/aromatic N) is 4. The van der Waals surface area contributed by atoms with Gasteiger partial charge in [0.15, 0.2) is 0 Å². The number of piperidine rings is 2. The quantitative estimate of drug-likeness (QED) is 0.334. The fourth-order valence-electron chi connectivity index (χ4n) is 5.61. The van der Waals surface area contributed by atoms with E-state index < -0.39 is 0 Å². The number of carbonyl (C=O) groups excluding carboxylic acids is 1. The van der Waals surface area contributed by atoms with Crippen molar-refractivity contribution in [2.75, 3.05) is 48.7 Å². The monoisotopic (exact) mass is 560 g/mol. The second-order valence-electron chi connectivity index (χ2n) is 10.4. The van der Waals surface area contributed by atoms with Crippen molar-refractivity contribution in [2.24, 2.45) is 0 Å². The molecule has 9 heteroatoms. The number of anilines is 3. The van der Waals surface area contributed by atoms with Crippen molar-refractivity contribution >= 4 is 35.5 Å². The van der Waals surface area contributed by atoms with Crippen LogP contribution in [0.1, 0.15) is 50.5 Å². The number of nitriles is 1. The van der Waals surface area contributed by atoms with Gasteiger partial charge < -0.3 is 26.0 Å². The number of phenolic OH excluding ortho intramolecular Hbond substituents is 1. The number of aromatic nitrogens is 1. The van der Waals surface area contributed by atoms with E-state index in [1.165, 1.54) is 25.7 Å². The first kappa shape index (κ1) is 29.2. The van der Waals surface area contributed by atoms with Crippen molar-refractivity contribution in [2.45, 2.75) is 44.9 Å². The van der Waals surface area contributed by atoms with E-state index in [1.54, 1.807) is 24.3 Å². The van der Waals surface area contributed by atoms with Gasteiger partial charge in [-0.3, -0.25) is 4.79 Å². The predicted molar refractivity (Wildman–Crippen MR) is 163 cm³/mol. The predicted octanol–water partition coefficient (Wildman–Crippen LogP) is 5.80. The van der Waals surface area contributed by atoms with Gasteiger partial charge in [0.25, 0.3) is 0 Å². The average Bonchev–Trinajstić information content (AvgIpc) is 2.97. The minimum Gasteiger partial charge on any atom is -0.507 e. The summed E-state index contributed by atoms with van der Waals surface area (Å²) in [7, 11) is 0. The van der Waals surface area contributed by atoms with Crippen molar-refractivity contribution in [1.82, 2.24) is 9.88 Å². The number of nitrogens with one attached hydrogen (secondary N) is 1. The number of hydrogen-bond donors (Lipinski definition) is 3. The molecule has 0 radical (unpaired) electrons. The summed E-state index contributed by atoms with van der Waals surface area (Å²) in [5, 5.41) is 23.5. The van der Waals surface area contributed by atoms with Crippen LogP contribution >= 0.6 is 12.4 Å². The summed E-state index contributed by atoms with van der Waals surface area (Å²) in [5.74, 6) is 0.170. The van der Waals surface area contributed by atoms with Crippen molar-refractivity contribution in [3.05, 3.63) is 54.1 Å². The lowest BCUT2D eigenvalue weighted by Crippen LogP contribution is -2.33. The number of rotatable bonds is 7. The zero-order valence-corrected chi connectivity index (χ0v) is 23.6. The van der Waals surface area contributed by atoms with E-state index >= 15 is 0 Å².